The molecule has 2 rings (SSSR count). The summed E-state index contributed by atoms with van der Waals surface area (Å²) in [5, 5.41) is 0.852. The number of aromatic nitrogens is 1. The second-order valence-corrected chi connectivity index (χ2v) is 4.30. The molecular formula is C12H12BrNO3. The second kappa shape index (κ2) is 4.79. The minimum Gasteiger partial charge on any atom is -0.495 e. The topological polar surface area (TPSA) is 51.3 Å². The number of nitrogens with one attached hydrogen (secondary N) is 1. The van der Waals surface area contributed by atoms with Gasteiger partial charge in [-0.1, -0.05) is 0 Å². The first-order valence-corrected chi connectivity index (χ1v) is 5.99. The first-order valence-electron chi connectivity index (χ1n) is 5.19. The summed E-state index contributed by atoms with van der Waals surface area (Å²) in [6.07, 6.45) is 0. The molecule has 0 fully saturated rings. The van der Waals surface area contributed by atoms with Crippen LogP contribution in [0, 0.1) is 0 Å². The number of methoxy groups -OCH3 is 1. The van der Waals surface area contributed by atoms with Crippen LogP contribution in [0.4, 0.5) is 0 Å². The molecule has 0 saturated heterocycles. The molecule has 0 aliphatic carbocycles. The van der Waals surface area contributed by atoms with E-state index in [0.717, 1.165) is 15.4 Å². The smallest absolute Gasteiger partial charge is 0.354 e. The van der Waals surface area contributed by atoms with Gasteiger partial charge in [-0.2, -0.15) is 0 Å². The number of hydrogen-bond donors (Lipinski definition) is 1. The Morgan fingerprint density at radius 1 is 1.47 bits per heavy atom. The van der Waals surface area contributed by atoms with E-state index in [1.807, 2.05) is 12.1 Å². The Labute approximate surface area is 107 Å². The number of benzene rings is 1. The zero-order chi connectivity index (χ0) is 12.4. The van der Waals surface area contributed by atoms with Crippen molar-refractivity contribution < 1.29 is 14.3 Å². The standard InChI is InChI=1S/C12H12BrNO3/c1-3-17-12(15)10-6-7-9(14-10)5-4-8(13)11(7)16-2/h4-6,14H,3H2,1-2H3. The zero-order valence-electron chi connectivity index (χ0n) is 9.54. The van der Waals surface area contributed by atoms with E-state index in [-0.39, 0.29) is 5.97 Å². The van der Waals surface area contributed by atoms with Crippen LogP contribution in [-0.2, 0) is 4.74 Å². The quantitative estimate of drug-likeness (QED) is 0.886. The number of H-pyrrole nitrogens is 1. The van der Waals surface area contributed by atoms with Crippen LogP contribution < -0.4 is 4.74 Å². The molecule has 0 radical (unpaired) electrons. The summed E-state index contributed by atoms with van der Waals surface area (Å²) in [6.45, 7) is 2.13. The van der Waals surface area contributed by atoms with Crippen molar-refractivity contribution in [3.8, 4) is 5.75 Å². The molecule has 0 atom stereocenters. The molecule has 2 aromatic rings. The van der Waals surface area contributed by atoms with Crippen molar-refractivity contribution in [1.82, 2.24) is 4.98 Å². The number of halogens is 1. The highest BCUT2D eigenvalue weighted by Gasteiger charge is 2.14. The third-order valence-electron chi connectivity index (χ3n) is 2.41. The van der Waals surface area contributed by atoms with Gasteiger partial charge in [-0.25, -0.2) is 4.79 Å². The monoisotopic (exact) mass is 297 g/mol. The average Bonchev–Trinajstić information content (AvgIpc) is 2.73. The molecule has 0 aliphatic heterocycles. The Bertz CT molecular complexity index is 562. The van der Waals surface area contributed by atoms with Crippen LogP contribution in [0.15, 0.2) is 22.7 Å². The summed E-state index contributed by atoms with van der Waals surface area (Å²) >= 11 is 3.40. The molecule has 0 amide bonds. The second-order valence-electron chi connectivity index (χ2n) is 3.45. The molecule has 0 bridgehead atoms. The fourth-order valence-electron chi connectivity index (χ4n) is 1.68. The summed E-state index contributed by atoms with van der Waals surface area (Å²) < 4.78 is 11.1. The maximum Gasteiger partial charge on any atom is 0.354 e. The van der Waals surface area contributed by atoms with E-state index in [9.17, 15) is 4.79 Å². The van der Waals surface area contributed by atoms with Gasteiger partial charge >= 0.3 is 5.97 Å². The third-order valence-corrected chi connectivity index (χ3v) is 3.03. The summed E-state index contributed by atoms with van der Waals surface area (Å²) in [7, 11) is 1.59. The number of ether oxygens (including phenoxy) is 2. The van der Waals surface area contributed by atoms with E-state index >= 15 is 0 Å². The number of esters is 1. The number of hydrogen-bond acceptors (Lipinski definition) is 3. The van der Waals surface area contributed by atoms with Gasteiger partial charge in [0.2, 0.25) is 0 Å². The Morgan fingerprint density at radius 3 is 2.88 bits per heavy atom. The van der Waals surface area contributed by atoms with Crippen molar-refractivity contribution in [2.24, 2.45) is 0 Å². The van der Waals surface area contributed by atoms with E-state index in [0.29, 0.717) is 18.1 Å². The van der Waals surface area contributed by atoms with Crippen LogP contribution in [0.2, 0.25) is 0 Å². The molecule has 1 aromatic carbocycles. The van der Waals surface area contributed by atoms with Gasteiger partial charge in [0.05, 0.1) is 18.2 Å². The summed E-state index contributed by atoms with van der Waals surface area (Å²) in [5.41, 5.74) is 1.27. The molecule has 5 heteroatoms. The van der Waals surface area contributed by atoms with Gasteiger partial charge in [0.25, 0.3) is 0 Å². The lowest BCUT2D eigenvalue weighted by Crippen LogP contribution is -2.04. The Balaban J connectivity index is 2.53. The van der Waals surface area contributed by atoms with Crippen LogP contribution in [-0.4, -0.2) is 24.7 Å². The molecule has 1 heterocycles. The van der Waals surface area contributed by atoms with Crippen LogP contribution >= 0.6 is 15.9 Å². The number of fused-ring (bicyclic) bond motifs is 1. The highest BCUT2D eigenvalue weighted by Crippen LogP contribution is 2.33. The van der Waals surface area contributed by atoms with Gasteiger partial charge in [0.15, 0.2) is 0 Å². The van der Waals surface area contributed by atoms with Gasteiger partial charge in [-0.3, -0.25) is 0 Å². The van der Waals surface area contributed by atoms with Crippen molar-refractivity contribution in [1.29, 1.82) is 0 Å². The number of carbonyl (C=O) groups is 1. The lowest BCUT2D eigenvalue weighted by Gasteiger charge is -2.03. The van der Waals surface area contributed by atoms with E-state index in [2.05, 4.69) is 20.9 Å². The fraction of sp³-hybridized carbons (Fsp3) is 0.250. The molecule has 17 heavy (non-hydrogen) atoms. The van der Waals surface area contributed by atoms with Crippen LogP contribution in [0.25, 0.3) is 10.9 Å². The zero-order valence-corrected chi connectivity index (χ0v) is 11.1. The van der Waals surface area contributed by atoms with E-state index in [1.165, 1.54) is 0 Å². The predicted molar refractivity (Wildman–Crippen MR) is 68.5 cm³/mol. The minimum atomic E-state index is -0.359. The summed E-state index contributed by atoms with van der Waals surface area (Å²) in [6, 6.07) is 5.48. The molecule has 4 nitrogen and oxygen atoms in total. The molecule has 1 N–H and O–H groups in total. The first kappa shape index (κ1) is 12.0. The van der Waals surface area contributed by atoms with E-state index in [4.69, 9.17) is 9.47 Å². The molecule has 0 unspecified atom stereocenters. The maximum atomic E-state index is 11.6. The van der Waals surface area contributed by atoms with Gasteiger partial charge in [-0.15, -0.1) is 0 Å². The van der Waals surface area contributed by atoms with Crippen molar-refractivity contribution in [3.63, 3.8) is 0 Å². The molecule has 0 spiro atoms. The van der Waals surface area contributed by atoms with Crippen molar-refractivity contribution >= 4 is 32.8 Å². The number of aromatic amines is 1. The Kier molecular flexibility index (Phi) is 3.38. The average molecular weight is 298 g/mol. The Morgan fingerprint density at radius 2 is 2.24 bits per heavy atom. The Hall–Kier alpha value is -1.49. The molecule has 0 saturated carbocycles. The molecule has 90 valence electrons. The molecule has 1 aromatic heterocycles. The van der Waals surface area contributed by atoms with Crippen molar-refractivity contribution in [2.45, 2.75) is 6.92 Å². The lowest BCUT2D eigenvalue weighted by atomic mass is 10.2. The fourth-order valence-corrected chi connectivity index (χ4v) is 2.18. The van der Waals surface area contributed by atoms with Crippen LogP contribution in [0.3, 0.4) is 0 Å². The van der Waals surface area contributed by atoms with Gasteiger partial charge < -0.3 is 14.5 Å². The highest BCUT2D eigenvalue weighted by atomic mass is 79.9. The van der Waals surface area contributed by atoms with Crippen LogP contribution in [0.5, 0.6) is 5.75 Å². The first-order chi connectivity index (χ1) is 8.17. The van der Waals surface area contributed by atoms with Crippen molar-refractivity contribution in [3.05, 3.63) is 28.4 Å². The summed E-state index contributed by atoms with van der Waals surface area (Å²) in [4.78, 5) is 14.6. The molecular weight excluding hydrogens is 286 g/mol. The minimum absolute atomic E-state index is 0.356. The maximum absolute atomic E-state index is 11.6. The predicted octanol–water partition coefficient (Wildman–Crippen LogP) is 3.12. The van der Waals surface area contributed by atoms with Crippen LogP contribution in [0.1, 0.15) is 17.4 Å². The number of carbonyl (C=O) groups excluding carboxylic acids is 1. The third kappa shape index (κ3) is 2.15. The SMILES string of the molecule is CCOC(=O)c1cc2c(OC)c(Br)ccc2[nH]1. The molecule has 0 aliphatic rings. The number of rotatable bonds is 3. The summed E-state index contributed by atoms with van der Waals surface area (Å²) in [5.74, 6) is 0.344. The van der Waals surface area contributed by atoms with Gasteiger partial charge in [0.1, 0.15) is 11.4 Å². The largest absolute Gasteiger partial charge is 0.495 e. The van der Waals surface area contributed by atoms with E-state index < -0.39 is 0 Å². The van der Waals surface area contributed by atoms with Gasteiger partial charge in [-0.05, 0) is 41.1 Å². The van der Waals surface area contributed by atoms with Crippen molar-refractivity contribution in [2.75, 3.05) is 13.7 Å². The lowest BCUT2D eigenvalue weighted by molar-refractivity contribution is 0.0520. The van der Waals surface area contributed by atoms with Gasteiger partial charge in [0, 0.05) is 10.9 Å². The van der Waals surface area contributed by atoms with E-state index in [1.54, 1.807) is 20.1 Å². The highest BCUT2D eigenvalue weighted by molar-refractivity contribution is 9.10. The normalized spacial score (nSPS) is 10.5.